The molecular formula is C17H18N4O2. The van der Waals surface area contributed by atoms with Gasteiger partial charge in [-0.15, -0.1) is 0 Å². The highest BCUT2D eigenvalue weighted by atomic mass is 16.6. The van der Waals surface area contributed by atoms with E-state index in [2.05, 4.69) is 22.7 Å². The molecule has 0 amide bonds. The summed E-state index contributed by atoms with van der Waals surface area (Å²) < 4.78 is 3.38. The van der Waals surface area contributed by atoms with Crippen LogP contribution in [0.25, 0.3) is 11.1 Å². The number of benzene rings is 1. The number of rotatable bonds is 5. The molecule has 1 aromatic carbocycles. The summed E-state index contributed by atoms with van der Waals surface area (Å²) in [5, 5.41) is 4.39. The molecule has 118 valence electrons. The molecule has 2 aromatic heterocycles. The van der Waals surface area contributed by atoms with Crippen LogP contribution in [-0.4, -0.2) is 21.4 Å². The molecule has 0 atom stereocenters. The van der Waals surface area contributed by atoms with Gasteiger partial charge in [-0.25, -0.2) is 0 Å². The fourth-order valence-electron chi connectivity index (χ4n) is 2.38. The van der Waals surface area contributed by atoms with E-state index in [1.165, 1.54) is 16.2 Å². The number of aryl methyl sites for hydroxylation is 1. The highest BCUT2D eigenvalue weighted by molar-refractivity contribution is 5.68. The first-order valence-electron chi connectivity index (χ1n) is 7.28. The summed E-state index contributed by atoms with van der Waals surface area (Å²) in [5.41, 5.74) is 5.36. The van der Waals surface area contributed by atoms with E-state index in [1.807, 2.05) is 29.1 Å². The molecule has 0 aliphatic rings. The lowest BCUT2D eigenvalue weighted by molar-refractivity contribution is 0.224. The van der Waals surface area contributed by atoms with E-state index < -0.39 is 0 Å². The fraction of sp³-hybridized carbons (Fsp3) is 0.176. The Morgan fingerprint density at radius 2 is 2.00 bits per heavy atom. The Bertz CT molecular complexity index is 853. The maximum Gasteiger partial charge on any atom is 0.254 e. The van der Waals surface area contributed by atoms with Crippen molar-refractivity contribution in [3.8, 4) is 16.9 Å². The molecule has 6 nitrogen and oxygen atoms in total. The summed E-state index contributed by atoms with van der Waals surface area (Å²) in [5.74, 6) is 0.481. The summed E-state index contributed by atoms with van der Waals surface area (Å²) >= 11 is 0. The molecule has 23 heavy (non-hydrogen) atoms. The topological polar surface area (TPSA) is 61.1 Å². The monoisotopic (exact) mass is 310 g/mol. The molecule has 0 unspecified atom stereocenters. The van der Waals surface area contributed by atoms with Crippen molar-refractivity contribution in [3.05, 3.63) is 70.9 Å². The van der Waals surface area contributed by atoms with Gasteiger partial charge < -0.3 is 9.40 Å². The normalized spacial score (nSPS) is 10.7. The van der Waals surface area contributed by atoms with Crippen LogP contribution in [0.4, 0.5) is 0 Å². The zero-order valence-electron chi connectivity index (χ0n) is 13.1. The van der Waals surface area contributed by atoms with Gasteiger partial charge in [-0.3, -0.25) is 9.48 Å². The van der Waals surface area contributed by atoms with E-state index in [0.717, 1.165) is 11.1 Å². The molecule has 2 heterocycles. The van der Waals surface area contributed by atoms with Gasteiger partial charge >= 0.3 is 0 Å². The second-order valence-corrected chi connectivity index (χ2v) is 5.22. The number of hydroxylamine groups is 1. The Hall–Kier alpha value is -2.86. The van der Waals surface area contributed by atoms with Crippen molar-refractivity contribution >= 4 is 0 Å². The van der Waals surface area contributed by atoms with Crippen molar-refractivity contribution in [2.75, 3.05) is 7.05 Å². The van der Waals surface area contributed by atoms with Crippen LogP contribution in [0.2, 0.25) is 0 Å². The smallest absolute Gasteiger partial charge is 0.254 e. The second kappa shape index (κ2) is 6.50. The molecule has 0 saturated carbocycles. The van der Waals surface area contributed by atoms with Gasteiger partial charge in [0.15, 0.2) is 5.75 Å². The number of hydrogen-bond donors (Lipinski definition) is 1. The number of pyridine rings is 1. The van der Waals surface area contributed by atoms with E-state index in [0.29, 0.717) is 12.3 Å². The van der Waals surface area contributed by atoms with Crippen molar-refractivity contribution in [1.29, 1.82) is 0 Å². The molecule has 0 bridgehead atoms. The van der Waals surface area contributed by atoms with Gasteiger partial charge in [0.2, 0.25) is 0 Å². The Morgan fingerprint density at radius 1 is 1.22 bits per heavy atom. The highest BCUT2D eigenvalue weighted by Crippen LogP contribution is 2.27. The third-order valence-electron chi connectivity index (χ3n) is 3.53. The largest absolute Gasteiger partial charge is 0.408 e. The maximum atomic E-state index is 11.8. The standard InChI is InChI=1S/C17H18N4O2/c1-18-23-16-8-17(22)20(2)12-15(16)14-9-19-21(11-14)10-13-6-4-3-5-7-13/h3-9,11-12,18H,10H2,1-2H3. The minimum absolute atomic E-state index is 0.129. The van der Waals surface area contributed by atoms with Crippen LogP contribution in [0.3, 0.4) is 0 Å². The highest BCUT2D eigenvalue weighted by Gasteiger charge is 2.11. The van der Waals surface area contributed by atoms with Gasteiger partial charge in [0.25, 0.3) is 5.56 Å². The third-order valence-corrected chi connectivity index (χ3v) is 3.53. The Kier molecular flexibility index (Phi) is 4.25. The van der Waals surface area contributed by atoms with Gasteiger partial charge in [-0.2, -0.15) is 10.6 Å². The third kappa shape index (κ3) is 3.32. The predicted molar refractivity (Wildman–Crippen MR) is 88.1 cm³/mol. The van der Waals surface area contributed by atoms with Crippen molar-refractivity contribution in [3.63, 3.8) is 0 Å². The minimum atomic E-state index is -0.129. The average molecular weight is 310 g/mol. The van der Waals surface area contributed by atoms with Crippen LogP contribution < -0.4 is 15.9 Å². The quantitative estimate of drug-likeness (QED) is 0.730. The molecule has 3 rings (SSSR count). The lowest BCUT2D eigenvalue weighted by atomic mass is 10.1. The summed E-state index contributed by atoms with van der Waals surface area (Å²) in [6.45, 7) is 0.689. The summed E-state index contributed by atoms with van der Waals surface area (Å²) in [6, 6.07) is 11.6. The molecule has 0 aliphatic carbocycles. The van der Waals surface area contributed by atoms with E-state index in [9.17, 15) is 4.79 Å². The van der Waals surface area contributed by atoms with E-state index in [-0.39, 0.29) is 5.56 Å². The zero-order chi connectivity index (χ0) is 16.2. The average Bonchev–Trinajstić information content (AvgIpc) is 3.00. The number of nitrogens with one attached hydrogen (secondary N) is 1. The van der Waals surface area contributed by atoms with Crippen LogP contribution >= 0.6 is 0 Å². The van der Waals surface area contributed by atoms with Crippen molar-refractivity contribution in [2.45, 2.75) is 6.54 Å². The van der Waals surface area contributed by atoms with Crippen LogP contribution in [-0.2, 0) is 13.6 Å². The van der Waals surface area contributed by atoms with Crippen molar-refractivity contribution < 1.29 is 4.84 Å². The molecule has 3 aromatic rings. The lowest BCUT2D eigenvalue weighted by Gasteiger charge is -2.09. The van der Waals surface area contributed by atoms with Gasteiger partial charge in [0.1, 0.15) is 0 Å². The lowest BCUT2D eigenvalue weighted by Crippen LogP contribution is -2.19. The van der Waals surface area contributed by atoms with Crippen molar-refractivity contribution in [2.24, 2.45) is 7.05 Å². The molecule has 0 radical (unpaired) electrons. The van der Waals surface area contributed by atoms with Gasteiger partial charge in [0, 0.05) is 43.7 Å². The number of hydrogen-bond acceptors (Lipinski definition) is 4. The molecule has 0 spiro atoms. The van der Waals surface area contributed by atoms with Gasteiger partial charge in [-0.05, 0) is 5.56 Å². The minimum Gasteiger partial charge on any atom is -0.408 e. The first-order chi connectivity index (χ1) is 11.2. The summed E-state index contributed by atoms with van der Waals surface area (Å²) in [6.07, 6.45) is 5.46. The van der Waals surface area contributed by atoms with Crippen LogP contribution in [0.15, 0.2) is 59.8 Å². The number of nitrogens with zero attached hydrogens (tertiary/aromatic N) is 3. The second-order valence-electron chi connectivity index (χ2n) is 5.22. The van der Waals surface area contributed by atoms with Crippen LogP contribution in [0.1, 0.15) is 5.56 Å². The van der Waals surface area contributed by atoms with Crippen molar-refractivity contribution in [1.82, 2.24) is 19.8 Å². The van der Waals surface area contributed by atoms with E-state index >= 15 is 0 Å². The number of aromatic nitrogens is 3. The Balaban J connectivity index is 1.94. The van der Waals surface area contributed by atoms with Crippen LogP contribution in [0, 0.1) is 0 Å². The molecule has 0 aliphatic heterocycles. The molecule has 0 fully saturated rings. The SMILES string of the molecule is CNOc1cc(=O)n(C)cc1-c1cnn(Cc2ccccc2)c1. The first-order valence-corrected chi connectivity index (χ1v) is 7.28. The fourth-order valence-corrected chi connectivity index (χ4v) is 2.38. The van der Waals surface area contributed by atoms with Crippen LogP contribution in [0.5, 0.6) is 5.75 Å². The van der Waals surface area contributed by atoms with Gasteiger partial charge in [0.05, 0.1) is 12.7 Å². The predicted octanol–water partition coefficient (Wildman–Crippen LogP) is 1.81. The first kappa shape index (κ1) is 15.1. The Labute approximate surface area is 133 Å². The summed E-state index contributed by atoms with van der Waals surface area (Å²) in [4.78, 5) is 17.1. The molecule has 0 saturated heterocycles. The Morgan fingerprint density at radius 3 is 2.74 bits per heavy atom. The van der Waals surface area contributed by atoms with E-state index in [1.54, 1.807) is 26.5 Å². The maximum absolute atomic E-state index is 11.8. The van der Waals surface area contributed by atoms with E-state index in [4.69, 9.17) is 4.84 Å². The molecule has 6 heteroatoms. The molecular weight excluding hydrogens is 292 g/mol. The van der Waals surface area contributed by atoms with Gasteiger partial charge in [-0.1, -0.05) is 30.3 Å². The molecule has 1 N–H and O–H groups in total. The zero-order valence-corrected chi connectivity index (χ0v) is 13.1. The summed E-state index contributed by atoms with van der Waals surface area (Å²) in [7, 11) is 3.36.